The third-order valence-corrected chi connectivity index (χ3v) is 5.90. The van der Waals surface area contributed by atoms with Crippen molar-refractivity contribution in [2.75, 3.05) is 7.11 Å². The molecule has 30 heavy (non-hydrogen) atoms. The lowest BCUT2D eigenvalue weighted by Crippen LogP contribution is -2.15. The Balaban J connectivity index is 1.93. The van der Waals surface area contributed by atoms with Gasteiger partial charge in [-0.15, -0.1) is 0 Å². The van der Waals surface area contributed by atoms with Crippen LogP contribution >= 0.6 is 12.2 Å². The fraction of sp³-hybridized carbons (Fsp3) is 0.125. The third-order valence-electron chi connectivity index (χ3n) is 5.06. The van der Waals surface area contributed by atoms with Crippen LogP contribution in [0.5, 0.6) is 11.5 Å². The number of rotatable bonds is 6. The van der Waals surface area contributed by atoms with Gasteiger partial charge in [0.15, 0.2) is 0 Å². The van der Waals surface area contributed by atoms with E-state index in [4.69, 9.17) is 21.7 Å². The molecule has 0 bridgehead atoms. The molecular formula is C24H19O4S2-. The normalized spacial score (nSPS) is 16.4. The van der Waals surface area contributed by atoms with Crippen LogP contribution in [0.3, 0.4) is 0 Å². The number of hydrogen-bond donors (Lipinski definition) is 0. The van der Waals surface area contributed by atoms with Crippen molar-refractivity contribution in [1.29, 1.82) is 0 Å². The molecule has 0 amide bonds. The zero-order chi connectivity index (χ0) is 21.1. The summed E-state index contributed by atoms with van der Waals surface area (Å²) in [7, 11) is 1.64. The molecule has 1 aliphatic heterocycles. The molecule has 0 saturated carbocycles. The Bertz CT molecular complexity index is 1140. The molecule has 2 unspecified atom stereocenters. The molecule has 0 fully saturated rings. The van der Waals surface area contributed by atoms with Gasteiger partial charge in [-0.05, 0) is 23.1 Å². The van der Waals surface area contributed by atoms with E-state index in [0.717, 1.165) is 33.8 Å². The second-order valence-electron chi connectivity index (χ2n) is 6.84. The predicted molar refractivity (Wildman–Crippen MR) is 122 cm³/mol. The van der Waals surface area contributed by atoms with Gasteiger partial charge in [0.25, 0.3) is 0 Å². The van der Waals surface area contributed by atoms with Gasteiger partial charge in [-0.3, -0.25) is 4.21 Å². The Labute approximate surface area is 183 Å². The van der Waals surface area contributed by atoms with Crippen molar-refractivity contribution in [3.05, 3.63) is 95.1 Å². The maximum absolute atomic E-state index is 11.0. The second-order valence-corrected chi connectivity index (χ2v) is 8.01. The summed E-state index contributed by atoms with van der Waals surface area (Å²) >= 11 is 3.32. The van der Waals surface area contributed by atoms with Crippen molar-refractivity contribution in [3.8, 4) is 11.5 Å². The van der Waals surface area contributed by atoms with E-state index >= 15 is 0 Å². The molecule has 1 heterocycles. The van der Waals surface area contributed by atoms with E-state index in [1.54, 1.807) is 24.6 Å². The standard InChI is InChI=1S/C24H20O4S2/c1-27-21-8-4-3-7-19(21)23-20(14-29)18-6-2-5-9-22(18)28-24(23)17-12-10-16(11-13-17)15-30(25)26/h2-14,20H,15H2,1H3,(H,25,26)/p-1. The van der Waals surface area contributed by atoms with Gasteiger partial charge in [0.05, 0.1) is 7.11 Å². The lowest BCUT2D eigenvalue weighted by molar-refractivity contribution is 0.413. The number of para-hydroxylation sites is 2. The minimum Gasteiger partial charge on any atom is -0.772 e. The van der Waals surface area contributed by atoms with Gasteiger partial charge in [-0.2, -0.15) is 0 Å². The summed E-state index contributed by atoms with van der Waals surface area (Å²) < 4.78 is 34.0. The predicted octanol–water partition coefficient (Wildman–Crippen LogP) is 5.12. The molecule has 3 aromatic carbocycles. The van der Waals surface area contributed by atoms with Gasteiger partial charge < -0.3 is 14.0 Å². The molecular weight excluding hydrogens is 416 g/mol. The molecule has 152 valence electrons. The van der Waals surface area contributed by atoms with Crippen LogP contribution in [0, 0.1) is 0 Å². The van der Waals surface area contributed by atoms with Crippen molar-refractivity contribution >= 4 is 40.0 Å². The lowest BCUT2D eigenvalue weighted by Gasteiger charge is -2.30. The van der Waals surface area contributed by atoms with Crippen molar-refractivity contribution in [1.82, 2.24) is 0 Å². The molecule has 0 aromatic heterocycles. The van der Waals surface area contributed by atoms with Crippen molar-refractivity contribution in [2.24, 2.45) is 0 Å². The average Bonchev–Trinajstić information content (AvgIpc) is 2.78. The Hall–Kier alpha value is -2.80. The van der Waals surface area contributed by atoms with Crippen molar-refractivity contribution < 1.29 is 18.2 Å². The Kier molecular flexibility index (Phi) is 6.08. The molecule has 2 atom stereocenters. The van der Waals surface area contributed by atoms with E-state index in [1.807, 2.05) is 60.7 Å². The summed E-state index contributed by atoms with van der Waals surface area (Å²) in [5.41, 5.74) is 4.37. The van der Waals surface area contributed by atoms with Crippen LogP contribution in [0.15, 0.2) is 72.8 Å². The van der Waals surface area contributed by atoms with Crippen LogP contribution in [0.25, 0.3) is 11.3 Å². The smallest absolute Gasteiger partial charge is 0.139 e. The van der Waals surface area contributed by atoms with Gasteiger partial charge in [0.1, 0.15) is 17.3 Å². The first-order valence-corrected chi connectivity index (χ1v) is 11.1. The van der Waals surface area contributed by atoms with Crippen molar-refractivity contribution in [3.63, 3.8) is 0 Å². The number of thiocarbonyl (C=S) groups is 1. The van der Waals surface area contributed by atoms with Crippen LogP contribution in [-0.4, -0.2) is 21.2 Å². The number of fused-ring (bicyclic) bond motifs is 1. The van der Waals surface area contributed by atoms with Crippen LogP contribution in [0.1, 0.15) is 28.2 Å². The summed E-state index contributed by atoms with van der Waals surface area (Å²) in [5.74, 6) is 1.98. The average molecular weight is 436 g/mol. The summed E-state index contributed by atoms with van der Waals surface area (Å²) in [6, 6.07) is 23.0. The fourth-order valence-electron chi connectivity index (χ4n) is 3.69. The molecule has 0 N–H and O–H groups in total. The first-order chi connectivity index (χ1) is 14.6. The highest BCUT2D eigenvalue weighted by molar-refractivity contribution is 7.79. The van der Waals surface area contributed by atoms with E-state index in [9.17, 15) is 8.76 Å². The maximum Gasteiger partial charge on any atom is 0.139 e. The number of allylic oxidation sites excluding steroid dienone is 1. The van der Waals surface area contributed by atoms with Crippen LogP contribution < -0.4 is 9.47 Å². The highest BCUT2D eigenvalue weighted by atomic mass is 32.2. The summed E-state index contributed by atoms with van der Waals surface area (Å²) in [4.78, 5) is 0. The second kappa shape index (κ2) is 8.92. The highest BCUT2D eigenvalue weighted by Gasteiger charge is 2.31. The SMILES string of the molecule is COc1ccccc1C1=C(c2ccc(CS(=O)[O-])cc2)Oc2ccccc2C1C=S. The molecule has 0 spiro atoms. The van der Waals surface area contributed by atoms with E-state index in [0.29, 0.717) is 11.3 Å². The quantitative estimate of drug-likeness (QED) is 0.397. The van der Waals surface area contributed by atoms with E-state index in [2.05, 4.69) is 0 Å². The lowest BCUT2D eigenvalue weighted by atomic mass is 9.83. The Morgan fingerprint density at radius 1 is 1.07 bits per heavy atom. The summed E-state index contributed by atoms with van der Waals surface area (Å²) in [6.45, 7) is 0. The number of methoxy groups -OCH3 is 1. The minimum atomic E-state index is -2.13. The van der Waals surface area contributed by atoms with Gasteiger partial charge in [0.2, 0.25) is 0 Å². The van der Waals surface area contributed by atoms with E-state index in [1.165, 1.54) is 0 Å². The third kappa shape index (κ3) is 3.94. The summed E-state index contributed by atoms with van der Waals surface area (Å²) in [5, 5.41) is 1.75. The maximum atomic E-state index is 11.0. The number of hydrogen-bond acceptors (Lipinski definition) is 5. The van der Waals surface area contributed by atoms with Gasteiger partial charge in [-0.1, -0.05) is 84.0 Å². The fourth-order valence-corrected chi connectivity index (χ4v) is 4.44. The molecule has 4 nitrogen and oxygen atoms in total. The largest absolute Gasteiger partial charge is 0.772 e. The zero-order valence-electron chi connectivity index (χ0n) is 16.2. The first-order valence-electron chi connectivity index (χ1n) is 9.37. The number of ether oxygens (including phenoxy) is 2. The molecule has 4 rings (SSSR count). The Morgan fingerprint density at radius 2 is 1.77 bits per heavy atom. The topological polar surface area (TPSA) is 58.6 Å². The summed E-state index contributed by atoms with van der Waals surface area (Å²) in [6.07, 6.45) is 0. The van der Waals surface area contributed by atoms with Gasteiger partial charge in [0, 0.05) is 33.9 Å². The minimum absolute atomic E-state index is 0.0229. The monoisotopic (exact) mass is 435 g/mol. The van der Waals surface area contributed by atoms with Crippen molar-refractivity contribution in [2.45, 2.75) is 11.7 Å². The molecule has 0 saturated heterocycles. The van der Waals surface area contributed by atoms with Crippen LogP contribution in [0.2, 0.25) is 0 Å². The molecule has 0 radical (unpaired) electrons. The van der Waals surface area contributed by atoms with E-state index < -0.39 is 11.1 Å². The molecule has 1 aliphatic rings. The first kappa shape index (κ1) is 20.5. The van der Waals surface area contributed by atoms with E-state index in [-0.39, 0.29) is 11.7 Å². The Morgan fingerprint density at radius 3 is 2.47 bits per heavy atom. The molecule has 3 aromatic rings. The zero-order valence-corrected chi connectivity index (χ0v) is 17.9. The molecule has 0 aliphatic carbocycles. The highest BCUT2D eigenvalue weighted by Crippen LogP contribution is 2.47. The molecule has 6 heteroatoms. The van der Waals surface area contributed by atoms with Gasteiger partial charge in [-0.25, -0.2) is 0 Å². The van der Waals surface area contributed by atoms with Crippen LogP contribution in [-0.2, 0) is 16.8 Å². The van der Waals surface area contributed by atoms with Gasteiger partial charge >= 0.3 is 0 Å². The number of benzene rings is 3. The van der Waals surface area contributed by atoms with Crippen LogP contribution in [0.4, 0.5) is 0 Å².